The molecule has 2 amide bonds. The zero-order chi connectivity index (χ0) is 23.2. The molecule has 2 aromatic carbocycles. The van der Waals surface area contributed by atoms with Crippen LogP contribution in [0.25, 0.3) is 10.1 Å². The first-order valence-corrected chi connectivity index (χ1v) is 12.8. The average Bonchev–Trinajstić information content (AvgIpc) is 3.31. The highest BCUT2D eigenvalue weighted by molar-refractivity contribution is 7.17. The van der Waals surface area contributed by atoms with Gasteiger partial charge in [-0.15, -0.1) is 11.3 Å². The molecule has 1 aromatic heterocycles. The summed E-state index contributed by atoms with van der Waals surface area (Å²) in [5.74, 6) is 1.37. The molecule has 1 aliphatic rings. The molecule has 0 bridgehead atoms. The van der Waals surface area contributed by atoms with Gasteiger partial charge in [0.1, 0.15) is 5.75 Å². The Morgan fingerprint density at radius 3 is 2.64 bits per heavy atom. The normalized spacial score (nSPS) is 15.2. The number of thiophene rings is 1. The maximum absolute atomic E-state index is 13.4. The minimum absolute atomic E-state index is 0.0110. The molecular weight excluding hydrogens is 430 g/mol. The van der Waals surface area contributed by atoms with E-state index in [1.807, 2.05) is 24.3 Å². The topological polar surface area (TPSA) is 44.8 Å². The molecule has 1 fully saturated rings. The predicted molar refractivity (Wildman–Crippen MR) is 137 cm³/mol. The maximum atomic E-state index is 13.4. The zero-order valence-electron chi connectivity index (χ0n) is 19.9. The number of benzene rings is 2. The number of carbonyl (C=O) groups excluding carboxylic acids is 1. The monoisotopic (exact) mass is 465 g/mol. The first kappa shape index (κ1) is 23.6. The average molecular weight is 466 g/mol. The van der Waals surface area contributed by atoms with Gasteiger partial charge in [-0.2, -0.15) is 0 Å². The summed E-state index contributed by atoms with van der Waals surface area (Å²) in [7, 11) is 2.15. The van der Waals surface area contributed by atoms with Gasteiger partial charge in [0.05, 0.1) is 6.61 Å². The molecule has 0 spiro atoms. The Morgan fingerprint density at radius 1 is 1.15 bits per heavy atom. The highest BCUT2D eigenvalue weighted by atomic mass is 32.1. The van der Waals surface area contributed by atoms with E-state index in [2.05, 4.69) is 65.7 Å². The zero-order valence-corrected chi connectivity index (χ0v) is 20.7. The highest BCUT2D eigenvalue weighted by Gasteiger charge is 2.27. The summed E-state index contributed by atoms with van der Waals surface area (Å²) in [6.07, 6.45) is 2.01. The van der Waals surface area contributed by atoms with Crippen molar-refractivity contribution in [2.75, 3.05) is 26.7 Å². The van der Waals surface area contributed by atoms with E-state index < -0.39 is 0 Å². The Kier molecular flexibility index (Phi) is 7.89. The number of amides is 2. The molecule has 0 aliphatic carbocycles. The molecule has 33 heavy (non-hydrogen) atoms. The number of ether oxygens (including phenoxy) is 1. The first-order valence-electron chi connectivity index (χ1n) is 11.9. The van der Waals surface area contributed by atoms with Gasteiger partial charge < -0.3 is 19.9 Å². The van der Waals surface area contributed by atoms with Crippen molar-refractivity contribution in [1.82, 2.24) is 15.1 Å². The van der Waals surface area contributed by atoms with Crippen LogP contribution in [0.2, 0.25) is 0 Å². The lowest BCUT2D eigenvalue weighted by atomic mass is 10.0. The molecule has 3 aromatic rings. The lowest BCUT2D eigenvalue weighted by Gasteiger charge is -2.37. The van der Waals surface area contributed by atoms with Crippen molar-refractivity contribution in [2.24, 2.45) is 5.92 Å². The summed E-state index contributed by atoms with van der Waals surface area (Å²) in [6.45, 7) is 8.17. The van der Waals surface area contributed by atoms with Gasteiger partial charge in [0.25, 0.3) is 0 Å². The van der Waals surface area contributed by atoms with E-state index in [0.717, 1.165) is 37.2 Å². The number of piperidine rings is 1. The van der Waals surface area contributed by atoms with Crippen LogP contribution in [0.1, 0.15) is 37.8 Å². The summed E-state index contributed by atoms with van der Waals surface area (Å²) in [5, 5.41) is 6.56. The second-order valence-corrected chi connectivity index (χ2v) is 10.4. The van der Waals surface area contributed by atoms with Crippen LogP contribution < -0.4 is 10.1 Å². The number of urea groups is 1. The highest BCUT2D eigenvalue weighted by Crippen LogP contribution is 2.27. The van der Waals surface area contributed by atoms with Gasteiger partial charge in [-0.05, 0) is 85.1 Å². The molecule has 2 heterocycles. The number of nitrogens with one attached hydrogen (secondary N) is 1. The van der Waals surface area contributed by atoms with Crippen molar-refractivity contribution < 1.29 is 9.53 Å². The third-order valence-electron chi connectivity index (χ3n) is 6.27. The van der Waals surface area contributed by atoms with Gasteiger partial charge in [-0.3, -0.25) is 0 Å². The molecule has 4 rings (SSSR count). The molecule has 0 unspecified atom stereocenters. The van der Waals surface area contributed by atoms with Crippen LogP contribution in [0.4, 0.5) is 4.79 Å². The second-order valence-electron chi connectivity index (χ2n) is 9.42. The first-order chi connectivity index (χ1) is 16.0. The van der Waals surface area contributed by atoms with Crippen molar-refractivity contribution in [1.29, 1.82) is 0 Å². The summed E-state index contributed by atoms with van der Waals surface area (Å²) < 4.78 is 7.04. The Labute approximate surface area is 201 Å². The molecule has 5 nitrogen and oxygen atoms in total. The standard InChI is InChI=1S/C27H35N3O2S/c1-20(2)19-32-24-9-7-21(8-10-24)17-28-27(31)30(23-11-14-29(3)15-12-23)18-22-5-4-6-26-25(22)13-16-33-26/h4-10,13,16,20,23H,11-12,14-15,17-19H2,1-3H3,(H,28,31). The van der Waals surface area contributed by atoms with Gasteiger partial charge >= 0.3 is 6.03 Å². The Morgan fingerprint density at radius 2 is 1.91 bits per heavy atom. The van der Waals surface area contributed by atoms with Crippen molar-refractivity contribution >= 4 is 27.5 Å². The SMILES string of the molecule is CC(C)COc1ccc(CNC(=O)N(Cc2cccc3sccc23)C2CCN(C)CC2)cc1. The van der Waals surface area contributed by atoms with Crippen LogP contribution in [0.5, 0.6) is 5.75 Å². The lowest BCUT2D eigenvalue weighted by molar-refractivity contribution is 0.127. The number of hydrogen-bond acceptors (Lipinski definition) is 4. The minimum Gasteiger partial charge on any atom is -0.493 e. The number of carbonyl (C=O) groups is 1. The van der Waals surface area contributed by atoms with Gasteiger partial charge in [-0.25, -0.2) is 4.79 Å². The van der Waals surface area contributed by atoms with Crippen molar-refractivity contribution in [2.45, 2.75) is 45.8 Å². The maximum Gasteiger partial charge on any atom is 0.318 e. The quantitative estimate of drug-likeness (QED) is 0.461. The van der Waals surface area contributed by atoms with Crippen molar-refractivity contribution in [3.63, 3.8) is 0 Å². The fraction of sp³-hybridized carbons (Fsp3) is 0.444. The van der Waals surface area contributed by atoms with E-state index in [-0.39, 0.29) is 12.1 Å². The summed E-state index contributed by atoms with van der Waals surface area (Å²) >= 11 is 1.75. The molecule has 1 saturated heterocycles. The summed E-state index contributed by atoms with van der Waals surface area (Å²) in [6, 6.07) is 16.9. The van der Waals surface area contributed by atoms with E-state index >= 15 is 0 Å². The van der Waals surface area contributed by atoms with E-state index in [0.29, 0.717) is 25.6 Å². The minimum atomic E-state index is 0.0110. The number of likely N-dealkylation sites (tertiary alicyclic amines) is 1. The van der Waals surface area contributed by atoms with Gasteiger partial charge in [0, 0.05) is 23.8 Å². The van der Waals surface area contributed by atoms with Crippen LogP contribution in [0, 0.1) is 5.92 Å². The van der Waals surface area contributed by atoms with Crippen LogP contribution in [-0.4, -0.2) is 48.6 Å². The van der Waals surface area contributed by atoms with E-state index in [1.54, 1.807) is 11.3 Å². The molecule has 0 saturated carbocycles. The number of hydrogen-bond donors (Lipinski definition) is 1. The van der Waals surface area contributed by atoms with Crippen molar-refractivity contribution in [3.05, 3.63) is 65.0 Å². The molecule has 1 aliphatic heterocycles. The Balaban J connectivity index is 1.43. The fourth-order valence-electron chi connectivity index (χ4n) is 4.30. The fourth-order valence-corrected chi connectivity index (χ4v) is 5.13. The number of fused-ring (bicyclic) bond motifs is 1. The molecule has 0 atom stereocenters. The Hall–Kier alpha value is -2.57. The molecule has 176 valence electrons. The Bertz CT molecular complexity index is 1040. The smallest absolute Gasteiger partial charge is 0.318 e. The second kappa shape index (κ2) is 11.0. The van der Waals surface area contributed by atoms with Gasteiger partial charge in [0.15, 0.2) is 0 Å². The van der Waals surface area contributed by atoms with E-state index in [1.165, 1.54) is 15.6 Å². The van der Waals surface area contributed by atoms with Crippen LogP contribution in [0.3, 0.4) is 0 Å². The van der Waals surface area contributed by atoms with E-state index in [4.69, 9.17) is 4.74 Å². The molecule has 1 N–H and O–H groups in total. The lowest BCUT2D eigenvalue weighted by Crippen LogP contribution is -2.49. The van der Waals surface area contributed by atoms with Gasteiger partial charge in [-0.1, -0.05) is 38.1 Å². The van der Waals surface area contributed by atoms with Crippen molar-refractivity contribution in [3.8, 4) is 5.75 Å². The molecule has 6 heteroatoms. The van der Waals surface area contributed by atoms with Crippen LogP contribution in [-0.2, 0) is 13.1 Å². The number of rotatable bonds is 8. The number of nitrogens with zero attached hydrogens (tertiary/aromatic N) is 2. The summed E-state index contributed by atoms with van der Waals surface area (Å²) in [4.78, 5) is 17.8. The largest absolute Gasteiger partial charge is 0.493 e. The third-order valence-corrected chi connectivity index (χ3v) is 7.15. The summed E-state index contributed by atoms with van der Waals surface area (Å²) in [5.41, 5.74) is 2.29. The van der Waals surface area contributed by atoms with Gasteiger partial charge in [0.2, 0.25) is 0 Å². The van der Waals surface area contributed by atoms with Crippen LogP contribution in [0.15, 0.2) is 53.9 Å². The third kappa shape index (κ3) is 6.27. The molecule has 0 radical (unpaired) electrons. The molecular formula is C27H35N3O2S. The van der Waals surface area contributed by atoms with E-state index in [9.17, 15) is 4.79 Å². The predicted octanol–water partition coefficient (Wildman–Crippen LogP) is 5.74. The van der Waals surface area contributed by atoms with Crippen LogP contribution >= 0.6 is 11.3 Å².